The Bertz CT molecular complexity index is 1730. The molecule has 3 N–H and O–H groups in total. The second-order valence-electron chi connectivity index (χ2n) is 11.7. The van der Waals surface area contributed by atoms with Gasteiger partial charge in [-0.15, -0.1) is 0 Å². The van der Waals surface area contributed by atoms with E-state index in [0.29, 0.717) is 28.1 Å². The van der Waals surface area contributed by atoms with Crippen LogP contribution in [0, 0.1) is 0 Å². The highest BCUT2D eigenvalue weighted by Gasteiger charge is 2.30. The van der Waals surface area contributed by atoms with Gasteiger partial charge in [0.15, 0.2) is 0 Å². The summed E-state index contributed by atoms with van der Waals surface area (Å²) in [5.74, 6) is 0.293. The first kappa shape index (κ1) is 30.1. The molecular weight excluding hydrogens is 562 g/mol. The van der Waals surface area contributed by atoms with E-state index in [9.17, 15) is 9.59 Å². The number of anilines is 2. The molecule has 2 aliphatic rings. The monoisotopic (exact) mass is 601 g/mol. The molecule has 1 atom stereocenters. The van der Waals surface area contributed by atoms with Crippen LogP contribution in [0.5, 0.6) is 5.75 Å². The molecule has 0 aliphatic carbocycles. The molecule has 2 heterocycles. The lowest BCUT2D eigenvalue weighted by Crippen LogP contribution is -2.43. The fourth-order valence-corrected chi connectivity index (χ4v) is 5.87. The zero-order valence-electron chi connectivity index (χ0n) is 26.0. The number of amides is 2. The summed E-state index contributed by atoms with van der Waals surface area (Å²) in [6.45, 7) is 7.02. The lowest BCUT2D eigenvalue weighted by Gasteiger charge is -2.32. The van der Waals surface area contributed by atoms with E-state index in [2.05, 4.69) is 51.0 Å². The molecule has 0 radical (unpaired) electrons. The van der Waals surface area contributed by atoms with Gasteiger partial charge in [0.05, 0.1) is 24.4 Å². The van der Waals surface area contributed by atoms with Crippen molar-refractivity contribution in [3.8, 4) is 5.75 Å². The Morgan fingerprint density at radius 2 is 1.67 bits per heavy atom. The van der Waals surface area contributed by atoms with Crippen molar-refractivity contribution in [2.24, 2.45) is 0 Å². The predicted octanol–water partition coefficient (Wildman–Crippen LogP) is 5.87. The third-order valence-corrected chi connectivity index (χ3v) is 8.48. The van der Waals surface area contributed by atoms with Crippen molar-refractivity contribution in [3.05, 3.63) is 125 Å². The Kier molecular flexibility index (Phi) is 8.96. The van der Waals surface area contributed by atoms with Crippen molar-refractivity contribution in [3.63, 3.8) is 0 Å². The predicted molar refractivity (Wildman–Crippen MR) is 180 cm³/mol. The highest BCUT2D eigenvalue weighted by atomic mass is 16.5. The second-order valence-corrected chi connectivity index (χ2v) is 11.7. The van der Waals surface area contributed by atoms with E-state index >= 15 is 0 Å². The van der Waals surface area contributed by atoms with Crippen LogP contribution in [-0.2, 0) is 11.3 Å². The number of benzene rings is 4. The van der Waals surface area contributed by atoms with Crippen molar-refractivity contribution >= 4 is 34.5 Å². The summed E-state index contributed by atoms with van der Waals surface area (Å²) < 4.78 is 5.35. The van der Waals surface area contributed by atoms with Gasteiger partial charge in [-0.25, -0.2) is 0 Å². The van der Waals surface area contributed by atoms with Crippen molar-refractivity contribution in [2.75, 3.05) is 51.0 Å². The number of hydrogen-bond acceptors (Lipinski definition) is 6. The van der Waals surface area contributed by atoms with Crippen LogP contribution in [-0.4, -0.2) is 62.0 Å². The molecular formula is C37H39N5O3. The highest BCUT2D eigenvalue weighted by molar-refractivity contribution is 6.37. The van der Waals surface area contributed by atoms with Gasteiger partial charge in [0, 0.05) is 55.2 Å². The van der Waals surface area contributed by atoms with E-state index in [4.69, 9.17) is 4.74 Å². The highest BCUT2D eigenvalue weighted by Crippen LogP contribution is 2.38. The van der Waals surface area contributed by atoms with E-state index < -0.39 is 0 Å². The van der Waals surface area contributed by atoms with Crippen LogP contribution in [0.25, 0.3) is 11.3 Å². The normalized spacial score (nSPS) is 16.8. The van der Waals surface area contributed by atoms with Gasteiger partial charge in [0.25, 0.3) is 11.8 Å². The molecule has 4 aromatic carbocycles. The zero-order chi connectivity index (χ0) is 31.3. The maximum absolute atomic E-state index is 13.6. The standard InChI is InChI=1S/C37H39N5O3/c1-25(28-12-8-14-31(22-28)45-3)38-36(43)29-15-16-33-32(23-29)34(37(44)40-33)35(27-10-5-4-6-11-27)39-30-13-7-9-26(21-30)24-42-19-17-41(2)18-20-42/h4-16,21-23,25,39H,17-20,24H2,1-3H3,(H,38,43)(H,40,44)/b35-34-/t25-/m1/s1. The summed E-state index contributed by atoms with van der Waals surface area (Å²) in [6, 6.07) is 31.0. The average Bonchev–Trinajstić information content (AvgIpc) is 3.39. The quantitative estimate of drug-likeness (QED) is 0.208. The minimum absolute atomic E-state index is 0.216. The van der Waals surface area contributed by atoms with E-state index in [1.54, 1.807) is 25.3 Å². The SMILES string of the molecule is COc1cccc([C@@H](C)NC(=O)c2ccc3c(c2)/C(=C(/Nc2cccc(CN4CCN(C)CC4)c2)c2ccccc2)C(=O)N3)c1. The van der Waals surface area contributed by atoms with Gasteiger partial charge >= 0.3 is 0 Å². The Balaban J connectivity index is 1.31. The lowest BCUT2D eigenvalue weighted by molar-refractivity contribution is -0.110. The molecule has 1 saturated heterocycles. The average molecular weight is 602 g/mol. The molecule has 0 spiro atoms. The van der Waals surface area contributed by atoms with E-state index in [1.807, 2.05) is 67.6 Å². The number of ether oxygens (including phenoxy) is 1. The van der Waals surface area contributed by atoms with Gasteiger partial charge < -0.3 is 25.6 Å². The van der Waals surface area contributed by atoms with Crippen LogP contribution < -0.4 is 20.7 Å². The van der Waals surface area contributed by atoms with Crippen molar-refractivity contribution in [1.82, 2.24) is 15.1 Å². The molecule has 2 aliphatic heterocycles. The third-order valence-electron chi connectivity index (χ3n) is 8.48. The van der Waals surface area contributed by atoms with Crippen LogP contribution in [0.1, 0.15) is 45.6 Å². The number of piperazine rings is 1. The van der Waals surface area contributed by atoms with Crippen molar-refractivity contribution in [1.29, 1.82) is 0 Å². The summed E-state index contributed by atoms with van der Waals surface area (Å²) in [6.07, 6.45) is 0. The Morgan fingerprint density at radius 3 is 2.44 bits per heavy atom. The molecule has 0 unspecified atom stereocenters. The summed E-state index contributed by atoms with van der Waals surface area (Å²) in [4.78, 5) is 31.8. The molecule has 0 aromatic heterocycles. The minimum Gasteiger partial charge on any atom is -0.497 e. The first-order valence-electron chi connectivity index (χ1n) is 15.3. The first-order valence-corrected chi connectivity index (χ1v) is 15.3. The van der Waals surface area contributed by atoms with Crippen molar-refractivity contribution < 1.29 is 14.3 Å². The van der Waals surface area contributed by atoms with Crippen LogP contribution in [0.4, 0.5) is 11.4 Å². The summed E-state index contributed by atoms with van der Waals surface area (Å²) >= 11 is 0. The van der Waals surface area contributed by atoms with Gasteiger partial charge in [-0.3, -0.25) is 14.5 Å². The minimum atomic E-state index is -0.240. The summed E-state index contributed by atoms with van der Waals surface area (Å²) in [7, 11) is 3.79. The molecule has 0 bridgehead atoms. The first-order chi connectivity index (χ1) is 21.9. The fourth-order valence-electron chi connectivity index (χ4n) is 5.87. The van der Waals surface area contributed by atoms with Gasteiger partial charge in [-0.1, -0.05) is 54.6 Å². The van der Waals surface area contributed by atoms with Crippen LogP contribution in [0.3, 0.4) is 0 Å². The molecule has 230 valence electrons. The molecule has 8 heteroatoms. The van der Waals surface area contributed by atoms with Crippen LogP contribution >= 0.6 is 0 Å². The number of nitrogens with one attached hydrogen (secondary N) is 3. The van der Waals surface area contributed by atoms with Crippen LogP contribution in [0.15, 0.2) is 97.1 Å². The lowest BCUT2D eigenvalue weighted by atomic mass is 9.98. The number of nitrogens with zero attached hydrogens (tertiary/aromatic N) is 2. The van der Waals surface area contributed by atoms with Crippen molar-refractivity contribution in [2.45, 2.75) is 19.5 Å². The molecule has 4 aromatic rings. The number of carbonyl (C=O) groups excluding carboxylic acids is 2. The Morgan fingerprint density at radius 1 is 0.889 bits per heavy atom. The summed E-state index contributed by atoms with van der Waals surface area (Å²) in [5.41, 5.74) is 6.93. The third kappa shape index (κ3) is 6.93. The number of methoxy groups -OCH3 is 1. The topological polar surface area (TPSA) is 85.9 Å². The van der Waals surface area contributed by atoms with Gasteiger partial charge in [0.1, 0.15) is 5.75 Å². The second kappa shape index (κ2) is 13.4. The van der Waals surface area contributed by atoms with E-state index in [0.717, 1.165) is 55.3 Å². The zero-order valence-corrected chi connectivity index (χ0v) is 26.0. The Hall–Kier alpha value is -4.92. The number of fused-ring (bicyclic) bond motifs is 1. The van der Waals surface area contributed by atoms with E-state index in [1.165, 1.54) is 5.56 Å². The summed E-state index contributed by atoms with van der Waals surface area (Å²) in [5, 5.41) is 9.68. The molecule has 45 heavy (non-hydrogen) atoms. The molecule has 8 nitrogen and oxygen atoms in total. The molecule has 6 rings (SSSR count). The molecule has 2 amide bonds. The maximum Gasteiger partial charge on any atom is 0.258 e. The van der Waals surface area contributed by atoms with E-state index in [-0.39, 0.29) is 17.9 Å². The fraction of sp³-hybridized carbons (Fsp3) is 0.243. The van der Waals surface area contributed by atoms with Gasteiger partial charge in [-0.2, -0.15) is 0 Å². The van der Waals surface area contributed by atoms with Gasteiger partial charge in [-0.05, 0) is 73.1 Å². The number of carbonyl (C=O) groups is 2. The smallest absolute Gasteiger partial charge is 0.258 e. The maximum atomic E-state index is 13.6. The number of likely N-dealkylation sites (N-methyl/N-ethyl adjacent to an activating group) is 1. The molecule has 1 fully saturated rings. The largest absolute Gasteiger partial charge is 0.497 e. The van der Waals surface area contributed by atoms with Crippen LogP contribution in [0.2, 0.25) is 0 Å². The Labute approximate surface area is 264 Å². The number of hydrogen-bond donors (Lipinski definition) is 3. The van der Waals surface area contributed by atoms with Gasteiger partial charge in [0.2, 0.25) is 0 Å². The molecule has 0 saturated carbocycles. The number of rotatable bonds is 9.